The molecule has 19 heavy (non-hydrogen) atoms. The number of nitrogens with zero attached hydrogens (tertiary/aromatic N) is 3. The van der Waals surface area contributed by atoms with E-state index in [2.05, 4.69) is 20.2 Å². The van der Waals surface area contributed by atoms with Gasteiger partial charge in [-0.05, 0) is 18.2 Å². The van der Waals surface area contributed by atoms with Crippen LogP contribution < -0.4 is 0 Å². The third kappa shape index (κ3) is 2.03. The molecule has 0 spiro atoms. The van der Waals surface area contributed by atoms with Gasteiger partial charge in [0, 0.05) is 17.8 Å². The first-order valence-corrected chi connectivity index (χ1v) is 5.38. The van der Waals surface area contributed by atoms with Crippen LogP contribution in [-0.2, 0) is 6.18 Å². The lowest BCUT2D eigenvalue weighted by Gasteiger charge is -2.04. The Labute approximate surface area is 105 Å². The molecule has 4 nitrogen and oxygen atoms in total. The maximum absolute atomic E-state index is 12.5. The van der Waals surface area contributed by atoms with Crippen molar-refractivity contribution in [1.82, 2.24) is 20.2 Å². The highest BCUT2D eigenvalue weighted by molar-refractivity contribution is 5.91. The number of halogens is 3. The maximum atomic E-state index is 12.5. The summed E-state index contributed by atoms with van der Waals surface area (Å²) in [6.45, 7) is 0. The molecule has 3 heterocycles. The van der Waals surface area contributed by atoms with Gasteiger partial charge in [-0.25, -0.2) is 0 Å². The molecule has 0 amide bonds. The lowest BCUT2D eigenvalue weighted by atomic mass is 10.2. The summed E-state index contributed by atoms with van der Waals surface area (Å²) in [5.74, 6) is 0. The highest BCUT2D eigenvalue weighted by Gasteiger charge is 2.32. The summed E-state index contributed by atoms with van der Waals surface area (Å²) in [7, 11) is 0. The lowest BCUT2D eigenvalue weighted by Crippen LogP contribution is -2.07. The maximum Gasteiger partial charge on any atom is 0.433 e. The van der Waals surface area contributed by atoms with Gasteiger partial charge in [-0.1, -0.05) is 6.07 Å². The van der Waals surface area contributed by atoms with Crippen LogP contribution in [0.15, 0.2) is 36.7 Å². The van der Waals surface area contributed by atoms with Gasteiger partial charge < -0.3 is 0 Å². The van der Waals surface area contributed by atoms with Crippen LogP contribution in [0.3, 0.4) is 0 Å². The zero-order valence-electron chi connectivity index (χ0n) is 9.44. The molecule has 0 aliphatic heterocycles. The van der Waals surface area contributed by atoms with Crippen molar-refractivity contribution in [3.8, 4) is 11.4 Å². The largest absolute Gasteiger partial charge is 0.433 e. The molecule has 0 fully saturated rings. The topological polar surface area (TPSA) is 54.5 Å². The molecular weight excluding hydrogens is 257 g/mol. The molecule has 1 N–H and O–H groups in total. The zero-order valence-corrected chi connectivity index (χ0v) is 9.44. The van der Waals surface area contributed by atoms with E-state index in [-0.39, 0.29) is 5.52 Å². The van der Waals surface area contributed by atoms with Crippen molar-refractivity contribution in [3.05, 3.63) is 42.4 Å². The number of pyridine rings is 2. The summed E-state index contributed by atoms with van der Waals surface area (Å²) in [5.41, 5.74) is 0.395. The van der Waals surface area contributed by atoms with Gasteiger partial charge in [0.05, 0.1) is 11.2 Å². The van der Waals surface area contributed by atoms with Crippen LogP contribution in [0, 0.1) is 0 Å². The predicted octanol–water partition coefficient (Wildman–Crippen LogP) is 3.04. The quantitative estimate of drug-likeness (QED) is 0.735. The molecule has 96 valence electrons. The predicted molar refractivity (Wildman–Crippen MR) is 62.1 cm³/mol. The fourth-order valence-electron chi connectivity index (χ4n) is 1.77. The number of hydrogen-bond donors (Lipinski definition) is 1. The average Bonchev–Trinajstić information content (AvgIpc) is 2.81. The smallest absolute Gasteiger partial charge is 0.277 e. The van der Waals surface area contributed by atoms with E-state index in [0.29, 0.717) is 16.8 Å². The Kier molecular flexibility index (Phi) is 2.48. The number of nitrogens with one attached hydrogen (secondary N) is 1. The number of H-pyrrole nitrogens is 1. The highest BCUT2D eigenvalue weighted by Crippen LogP contribution is 2.31. The molecule has 7 heteroatoms. The van der Waals surface area contributed by atoms with Crippen molar-refractivity contribution in [2.24, 2.45) is 0 Å². The third-order valence-corrected chi connectivity index (χ3v) is 2.65. The summed E-state index contributed by atoms with van der Waals surface area (Å²) in [4.78, 5) is 7.53. The van der Waals surface area contributed by atoms with Crippen molar-refractivity contribution in [2.75, 3.05) is 0 Å². The van der Waals surface area contributed by atoms with Crippen LogP contribution in [0.5, 0.6) is 0 Å². The number of alkyl halides is 3. The molecule has 3 aromatic rings. The van der Waals surface area contributed by atoms with E-state index in [1.54, 1.807) is 24.4 Å². The Bertz CT molecular complexity index is 719. The van der Waals surface area contributed by atoms with Gasteiger partial charge in [0.1, 0.15) is 11.4 Å². The Morgan fingerprint density at radius 3 is 2.63 bits per heavy atom. The molecule has 3 rings (SSSR count). The van der Waals surface area contributed by atoms with E-state index < -0.39 is 11.9 Å². The highest BCUT2D eigenvalue weighted by atomic mass is 19.4. The van der Waals surface area contributed by atoms with E-state index >= 15 is 0 Å². The van der Waals surface area contributed by atoms with Gasteiger partial charge in [-0.15, -0.1) is 0 Å². The first-order valence-electron chi connectivity index (χ1n) is 5.38. The number of hydrogen-bond acceptors (Lipinski definition) is 3. The summed E-state index contributed by atoms with van der Waals surface area (Å²) in [6.07, 6.45) is -1.72. The zero-order chi connectivity index (χ0) is 13.5. The molecule has 0 saturated carbocycles. The van der Waals surface area contributed by atoms with Crippen LogP contribution in [-0.4, -0.2) is 20.2 Å². The second-order valence-corrected chi connectivity index (χ2v) is 3.90. The van der Waals surface area contributed by atoms with E-state index in [4.69, 9.17) is 0 Å². The Morgan fingerprint density at radius 1 is 1.11 bits per heavy atom. The van der Waals surface area contributed by atoms with E-state index in [0.717, 1.165) is 12.3 Å². The summed E-state index contributed by atoms with van der Waals surface area (Å²) >= 11 is 0. The van der Waals surface area contributed by atoms with Crippen LogP contribution in [0.25, 0.3) is 22.3 Å². The molecule has 0 aliphatic rings. The van der Waals surface area contributed by atoms with Crippen molar-refractivity contribution in [2.45, 2.75) is 6.18 Å². The SMILES string of the molecule is FC(F)(F)c1cc2[nH]nc(-c3ccccn3)c2cn1. The lowest BCUT2D eigenvalue weighted by molar-refractivity contribution is -0.141. The minimum absolute atomic E-state index is 0.281. The van der Waals surface area contributed by atoms with Gasteiger partial charge in [-0.3, -0.25) is 15.1 Å². The second-order valence-electron chi connectivity index (χ2n) is 3.90. The molecule has 0 unspecified atom stereocenters. The first kappa shape index (κ1) is 11.6. The van der Waals surface area contributed by atoms with Gasteiger partial charge >= 0.3 is 6.18 Å². The Balaban J connectivity index is 2.16. The molecule has 0 aromatic carbocycles. The Hall–Kier alpha value is -2.44. The molecule has 0 saturated heterocycles. The van der Waals surface area contributed by atoms with Crippen molar-refractivity contribution in [1.29, 1.82) is 0 Å². The van der Waals surface area contributed by atoms with Crippen molar-refractivity contribution < 1.29 is 13.2 Å². The van der Waals surface area contributed by atoms with Gasteiger partial charge in [-0.2, -0.15) is 18.3 Å². The second kappa shape index (κ2) is 4.04. The normalized spacial score (nSPS) is 11.9. The molecule has 0 aliphatic carbocycles. The Morgan fingerprint density at radius 2 is 1.95 bits per heavy atom. The number of aromatic nitrogens is 4. The van der Waals surface area contributed by atoms with Gasteiger partial charge in [0.25, 0.3) is 0 Å². The molecular formula is C12H7F3N4. The van der Waals surface area contributed by atoms with Crippen LogP contribution in [0.4, 0.5) is 13.2 Å². The molecule has 0 radical (unpaired) electrons. The minimum atomic E-state index is -4.47. The third-order valence-electron chi connectivity index (χ3n) is 2.65. The van der Waals surface area contributed by atoms with Gasteiger partial charge in [0.2, 0.25) is 0 Å². The van der Waals surface area contributed by atoms with E-state index in [1.165, 1.54) is 0 Å². The van der Waals surface area contributed by atoms with E-state index in [9.17, 15) is 13.2 Å². The summed E-state index contributed by atoms with van der Waals surface area (Å²) in [6, 6.07) is 6.20. The van der Waals surface area contributed by atoms with Gasteiger partial charge in [0.15, 0.2) is 0 Å². The monoisotopic (exact) mass is 264 g/mol. The van der Waals surface area contributed by atoms with E-state index in [1.807, 2.05) is 0 Å². The van der Waals surface area contributed by atoms with Crippen LogP contribution in [0.2, 0.25) is 0 Å². The molecule has 3 aromatic heterocycles. The fourth-order valence-corrected chi connectivity index (χ4v) is 1.77. The van der Waals surface area contributed by atoms with Crippen LogP contribution >= 0.6 is 0 Å². The molecule has 0 bridgehead atoms. The van der Waals surface area contributed by atoms with Crippen molar-refractivity contribution >= 4 is 10.9 Å². The van der Waals surface area contributed by atoms with Crippen LogP contribution in [0.1, 0.15) is 5.69 Å². The first-order chi connectivity index (χ1) is 9.05. The fraction of sp³-hybridized carbons (Fsp3) is 0.0833. The summed E-state index contributed by atoms with van der Waals surface area (Å²) < 4.78 is 37.6. The molecule has 0 atom stereocenters. The number of rotatable bonds is 1. The van der Waals surface area contributed by atoms with Crippen molar-refractivity contribution in [3.63, 3.8) is 0 Å². The number of aromatic amines is 1. The average molecular weight is 264 g/mol. The standard InChI is InChI=1S/C12H7F3N4/c13-12(14,15)10-5-9-7(6-17-10)11(19-18-9)8-3-1-2-4-16-8/h1-6H,(H,18,19). The summed E-state index contributed by atoms with van der Waals surface area (Å²) in [5, 5.41) is 7.07. The minimum Gasteiger partial charge on any atom is -0.277 e. The number of fused-ring (bicyclic) bond motifs is 1.